The highest BCUT2D eigenvalue weighted by Crippen LogP contribution is 2.31. The van der Waals surface area contributed by atoms with Gasteiger partial charge in [0, 0.05) is 42.8 Å². The summed E-state index contributed by atoms with van der Waals surface area (Å²) in [5.41, 5.74) is 5.33. The number of carbonyl (C=O) groups excluding carboxylic acids is 1. The molecular formula is C21H22N2O2. The Labute approximate surface area is 147 Å². The lowest BCUT2D eigenvalue weighted by Gasteiger charge is -2.11. The molecule has 1 aromatic heterocycles. The Balaban J connectivity index is 1.87. The molecule has 3 aromatic rings. The Morgan fingerprint density at radius 1 is 1.12 bits per heavy atom. The van der Waals surface area contributed by atoms with E-state index in [1.54, 1.807) is 14.0 Å². The molecule has 1 N–H and O–H groups in total. The van der Waals surface area contributed by atoms with Crippen LogP contribution >= 0.6 is 0 Å². The zero-order chi connectivity index (χ0) is 17.4. The Hall–Kier alpha value is -2.59. The van der Waals surface area contributed by atoms with Crippen LogP contribution in [0.3, 0.4) is 0 Å². The number of methoxy groups -OCH3 is 1. The van der Waals surface area contributed by atoms with Crippen LogP contribution in [0.25, 0.3) is 22.0 Å². The van der Waals surface area contributed by atoms with Gasteiger partial charge in [0.1, 0.15) is 5.75 Å². The average Bonchev–Trinajstić information content (AvgIpc) is 2.81. The molecule has 0 saturated heterocycles. The lowest BCUT2D eigenvalue weighted by Crippen LogP contribution is -2.17. The number of Topliss-reactive ketones (excluding diaryl/α,β-unsaturated/α-hetero) is 1. The number of rotatable bonds is 3. The molecule has 0 atom stereocenters. The van der Waals surface area contributed by atoms with Crippen molar-refractivity contribution >= 4 is 16.7 Å². The highest BCUT2D eigenvalue weighted by molar-refractivity contribution is 6.02. The Morgan fingerprint density at radius 3 is 2.80 bits per heavy atom. The van der Waals surface area contributed by atoms with Gasteiger partial charge in [0.25, 0.3) is 0 Å². The van der Waals surface area contributed by atoms with Crippen molar-refractivity contribution in [2.45, 2.75) is 19.9 Å². The van der Waals surface area contributed by atoms with Gasteiger partial charge >= 0.3 is 0 Å². The van der Waals surface area contributed by atoms with Crippen LogP contribution in [0.15, 0.2) is 42.5 Å². The second-order valence-corrected chi connectivity index (χ2v) is 6.53. The molecule has 4 rings (SSSR count). The number of benzene rings is 2. The third-order valence-corrected chi connectivity index (χ3v) is 4.98. The number of nitrogens with one attached hydrogen (secondary N) is 1. The number of hydrogen-bond acceptors (Lipinski definition) is 3. The molecule has 4 heteroatoms. The van der Waals surface area contributed by atoms with Gasteiger partial charge in [-0.3, -0.25) is 4.79 Å². The maximum atomic E-state index is 12.1. The summed E-state index contributed by atoms with van der Waals surface area (Å²) >= 11 is 0. The predicted molar refractivity (Wildman–Crippen MR) is 101 cm³/mol. The summed E-state index contributed by atoms with van der Waals surface area (Å²) in [7, 11) is 1.62. The number of fused-ring (bicyclic) bond motifs is 3. The summed E-state index contributed by atoms with van der Waals surface area (Å²) in [6, 6.07) is 14.5. The third-order valence-electron chi connectivity index (χ3n) is 4.98. The topological polar surface area (TPSA) is 43.3 Å². The van der Waals surface area contributed by atoms with Crippen molar-refractivity contribution in [3.63, 3.8) is 0 Å². The van der Waals surface area contributed by atoms with E-state index in [9.17, 15) is 4.79 Å². The van der Waals surface area contributed by atoms with Crippen molar-refractivity contribution in [2.75, 3.05) is 20.2 Å². The number of hydrogen-bond donors (Lipinski definition) is 1. The molecular weight excluding hydrogens is 312 g/mol. The van der Waals surface area contributed by atoms with Gasteiger partial charge in [0.05, 0.1) is 7.11 Å². The van der Waals surface area contributed by atoms with Crippen molar-refractivity contribution in [1.82, 2.24) is 9.88 Å². The molecule has 0 unspecified atom stereocenters. The average molecular weight is 334 g/mol. The van der Waals surface area contributed by atoms with Gasteiger partial charge in [0.15, 0.2) is 5.78 Å². The molecule has 2 aromatic carbocycles. The van der Waals surface area contributed by atoms with Crippen LogP contribution in [0.1, 0.15) is 23.0 Å². The summed E-state index contributed by atoms with van der Waals surface area (Å²) < 4.78 is 7.68. The van der Waals surface area contributed by atoms with Gasteiger partial charge in [-0.05, 0) is 53.8 Å². The normalized spacial score (nSPS) is 14.2. The Morgan fingerprint density at radius 2 is 2.00 bits per heavy atom. The first-order valence-corrected chi connectivity index (χ1v) is 8.69. The minimum Gasteiger partial charge on any atom is -0.497 e. The van der Waals surface area contributed by atoms with Gasteiger partial charge in [-0.25, -0.2) is 0 Å². The molecule has 1 aliphatic heterocycles. The van der Waals surface area contributed by atoms with Crippen molar-refractivity contribution in [1.29, 1.82) is 0 Å². The van der Waals surface area contributed by atoms with E-state index in [1.165, 1.54) is 16.6 Å². The second-order valence-electron chi connectivity index (χ2n) is 6.53. The first-order valence-electron chi connectivity index (χ1n) is 8.69. The molecule has 2 heterocycles. The summed E-state index contributed by atoms with van der Waals surface area (Å²) in [6.07, 6.45) is 1.05. The van der Waals surface area contributed by atoms with E-state index in [2.05, 4.69) is 34.1 Å². The number of ketones is 1. The van der Waals surface area contributed by atoms with E-state index in [1.807, 2.05) is 18.2 Å². The molecule has 4 nitrogen and oxygen atoms in total. The fraction of sp³-hybridized carbons (Fsp3) is 0.286. The summed E-state index contributed by atoms with van der Waals surface area (Å²) in [5, 5.41) is 4.71. The van der Waals surface area contributed by atoms with Crippen LogP contribution in [0.4, 0.5) is 0 Å². The first kappa shape index (κ1) is 15.9. The van der Waals surface area contributed by atoms with Gasteiger partial charge < -0.3 is 14.6 Å². The molecule has 0 aliphatic carbocycles. The maximum absolute atomic E-state index is 12.1. The lowest BCUT2D eigenvalue weighted by atomic mass is 9.96. The van der Waals surface area contributed by atoms with Crippen molar-refractivity contribution in [3.8, 4) is 16.9 Å². The lowest BCUT2D eigenvalue weighted by molar-refractivity contribution is 0.101. The highest BCUT2D eigenvalue weighted by Gasteiger charge is 2.15. The summed E-state index contributed by atoms with van der Waals surface area (Å²) in [4.78, 5) is 12.1. The van der Waals surface area contributed by atoms with Crippen LogP contribution in [0.5, 0.6) is 5.75 Å². The fourth-order valence-corrected chi connectivity index (χ4v) is 3.68. The van der Waals surface area contributed by atoms with E-state index in [-0.39, 0.29) is 5.78 Å². The quantitative estimate of drug-likeness (QED) is 0.743. The minimum absolute atomic E-state index is 0.0483. The van der Waals surface area contributed by atoms with E-state index in [0.717, 1.165) is 37.2 Å². The van der Waals surface area contributed by atoms with Crippen LogP contribution in [0.2, 0.25) is 0 Å². The molecule has 128 valence electrons. The van der Waals surface area contributed by atoms with Gasteiger partial charge in [-0.1, -0.05) is 12.1 Å². The number of nitrogens with zero attached hydrogens (tertiary/aromatic N) is 1. The first-order chi connectivity index (χ1) is 12.2. The van der Waals surface area contributed by atoms with E-state index in [0.29, 0.717) is 11.3 Å². The summed E-state index contributed by atoms with van der Waals surface area (Å²) in [6.45, 7) is 4.59. The predicted octanol–water partition coefficient (Wildman–Crippen LogP) is 3.67. The van der Waals surface area contributed by atoms with Gasteiger partial charge in [-0.2, -0.15) is 0 Å². The zero-order valence-corrected chi connectivity index (χ0v) is 14.6. The molecule has 1 aliphatic rings. The Bertz CT molecular complexity index is 956. The standard InChI is InChI=1S/C21H22N2O2/c1-14(24)20-13-18(25-2)5-6-19(20)15-3-4-16-11-17-7-8-22-9-10-23(17)21(16)12-15/h3-6,11-13,22H,7-10H2,1-2H3. The maximum Gasteiger partial charge on any atom is 0.160 e. The van der Waals surface area contributed by atoms with E-state index >= 15 is 0 Å². The molecule has 0 radical (unpaired) electrons. The number of aromatic nitrogens is 1. The highest BCUT2D eigenvalue weighted by atomic mass is 16.5. The van der Waals surface area contributed by atoms with Gasteiger partial charge in [0.2, 0.25) is 0 Å². The molecule has 25 heavy (non-hydrogen) atoms. The molecule has 0 bridgehead atoms. The third kappa shape index (κ3) is 2.83. The molecule has 0 saturated carbocycles. The van der Waals surface area contributed by atoms with Crippen LogP contribution in [-0.4, -0.2) is 30.5 Å². The molecule has 0 spiro atoms. The van der Waals surface area contributed by atoms with Gasteiger partial charge in [-0.15, -0.1) is 0 Å². The summed E-state index contributed by atoms with van der Waals surface area (Å²) in [5.74, 6) is 0.754. The number of ether oxygens (including phenoxy) is 1. The van der Waals surface area contributed by atoms with E-state index in [4.69, 9.17) is 4.74 Å². The van der Waals surface area contributed by atoms with Crippen molar-refractivity contribution in [3.05, 3.63) is 53.7 Å². The SMILES string of the molecule is COc1ccc(-c2ccc3cc4n(c3c2)CCNCC4)c(C(C)=O)c1. The van der Waals surface area contributed by atoms with E-state index < -0.39 is 0 Å². The Kier molecular flexibility index (Phi) is 4.06. The molecule has 0 fully saturated rings. The largest absolute Gasteiger partial charge is 0.497 e. The van der Waals surface area contributed by atoms with Crippen molar-refractivity contribution in [2.24, 2.45) is 0 Å². The van der Waals surface area contributed by atoms with Crippen molar-refractivity contribution < 1.29 is 9.53 Å². The monoisotopic (exact) mass is 334 g/mol. The smallest absolute Gasteiger partial charge is 0.160 e. The number of carbonyl (C=O) groups is 1. The molecule has 0 amide bonds. The minimum atomic E-state index is 0.0483. The second kappa shape index (κ2) is 6.37. The van der Waals surface area contributed by atoms with Crippen LogP contribution in [0, 0.1) is 0 Å². The fourth-order valence-electron chi connectivity index (χ4n) is 3.68. The van der Waals surface area contributed by atoms with Crippen LogP contribution < -0.4 is 10.1 Å². The zero-order valence-electron chi connectivity index (χ0n) is 14.6. The van der Waals surface area contributed by atoms with Crippen LogP contribution in [-0.2, 0) is 13.0 Å².